The molecule has 0 spiro atoms. The maximum Gasteiger partial charge on any atom is 0.258 e. The van der Waals surface area contributed by atoms with Crippen molar-refractivity contribution in [2.24, 2.45) is 0 Å². The molecule has 1 N–H and O–H groups in total. The second kappa shape index (κ2) is 8.23. The lowest BCUT2D eigenvalue weighted by molar-refractivity contribution is -0.123. The van der Waals surface area contributed by atoms with Crippen LogP contribution in [0.3, 0.4) is 0 Å². The first kappa shape index (κ1) is 18.3. The van der Waals surface area contributed by atoms with Gasteiger partial charge in [0.2, 0.25) is 5.88 Å². The van der Waals surface area contributed by atoms with Crippen molar-refractivity contribution in [1.82, 2.24) is 15.3 Å². The number of fused-ring (bicyclic) bond motifs is 1. The monoisotopic (exact) mass is 373 g/mol. The number of carbonyl (C=O) groups is 1. The minimum Gasteiger partial charge on any atom is -0.467 e. The van der Waals surface area contributed by atoms with Crippen LogP contribution in [0.2, 0.25) is 0 Å². The van der Waals surface area contributed by atoms with Crippen molar-refractivity contribution in [3.8, 4) is 17.0 Å². The van der Waals surface area contributed by atoms with Gasteiger partial charge in [0, 0.05) is 17.0 Å². The van der Waals surface area contributed by atoms with Crippen LogP contribution in [0.1, 0.15) is 26.7 Å². The van der Waals surface area contributed by atoms with Crippen molar-refractivity contribution in [3.63, 3.8) is 0 Å². The van der Waals surface area contributed by atoms with Crippen LogP contribution in [0.15, 0.2) is 36.0 Å². The van der Waals surface area contributed by atoms with E-state index >= 15 is 0 Å². The van der Waals surface area contributed by atoms with E-state index in [0.717, 1.165) is 34.2 Å². The van der Waals surface area contributed by atoms with Crippen molar-refractivity contribution in [1.29, 1.82) is 0 Å². The highest BCUT2D eigenvalue weighted by molar-refractivity contribution is 7.17. The lowest BCUT2D eigenvalue weighted by Gasteiger charge is -2.15. The summed E-state index contributed by atoms with van der Waals surface area (Å²) in [6.07, 6.45) is 3.17. The zero-order valence-electron chi connectivity index (χ0n) is 14.7. The summed E-state index contributed by atoms with van der Waals surface area (Å²) >= 11 is 1.45. The van der Waals surface area contributed by atoms with Gasteiger partial charge in [-0.3, -0.25) is 4.79 Å². The minimum atomic E-state index is -0.293. The van der Waals surface area contributed by atoms with Crippen LogP contribution in [0, 0.1) is 5.82 Å². The molecule has 0 aliphatic rings. The number of carbonyl (C=O) groups excluding carboxylic acids is 1. The zero-order chi connectivity index (χ0) is 18.5. The summed E-state index contributed by atoms with van der Waals surface area (Å²) in [7, 11) is 0. The summed E-state index contributed by atoms with van der Waals surface area (Å²) in [5, 5.41) is 5.60. The molecule has 1 aromatic carbocycles. The van der Waals surface area contributed by atoms with Crippen molar-refractivity contribution >= 4 is 27.5 Å². The summed E-state index contributed by atoms with van der Waals surface area (Å²) in [6.45, 7) is 3.95. The highest BCUT2D eigenvalue weighted by Crippen LogP contribution is 2.37. The number of hydrogen-bond acceptors (Lipinski definition) is 5. The van der Waals surface area contributed by atoms with E-state index in [4.69, 9.17) is 4.74 Å². The summed E-state index contributed by atoms with van der Waals surface area (Å²) in [6, 6.07) is 6.37. The molecule has 7 heteroatoms. The Hall–Kier alpha value is -2.54. The Kier molecular flexibility index (Phi) is 5.78. The highest BCUT2D eigenvalue weighted by Gasteiger charge is 2.16. The standard InChI is InChI=1S/C19H20FN3O2S/c1-3-14(4-2)23-16(24)9-25-18-17-15(10-26-19(17)22-11-21-18)12-5-7-13(20)8-6-12/h5-8,10-11,14H,3-4,9H2,1-2H3,(H,23,24). The van der Waals surface area contributed by atoms with Gasteiger partial charge in [0.25, 0.3) is 5.91 Å². The zero-order valence-corrected chi connectivity index (χ0v) is 15.5. The van der Waals surface area contributed by atoms with Crippen LogP contribution in [-0.4, -0.2) is 28.5 Å². The van der Waals surface area contributed by atoms with Gasteiger partial charge in [0.05, 0.1) is 5.39 Å². The fourth-order valence-electron chi connectivity index (χ4n) is 2.70. The van der Waals surface area contributed by atoms with E-state index in [1.54, 1.807) is 12.1 Å². The molecule has 5 nitrogen and oxygen atoms in total. The maximum atomic E-state index is 13.2. The normalized spacial score (nSPS) is 11.1. The van der Waals surface area contributed by atoms with E-state index in [1.165, 1.54) is 29.8 Å². The van der Waals surface area contributed by atoms with Crippen molar-refractivity contribution in [2.45, 2.75) is 32.7 Å². The predicted molar refractivity (Wildman–Crippen MR) is 101 cm³/mol. The molecule has 3 aromatic rings. The summed E-state index contributed by atoms with van der Waals surface area (Å²) in [5.41, 5.74) is 1.71. The molecule has 0 atom stereocenters. The van der Waals surface area contributed by atoms with E-state index in [9.17, 15) is 9.18 Å². The lowest BCUT2D eigenvalue weighted by Crippen LogP contribution is -2.37. The molecule has 1 amide bonds. The number of halogens is 1. The average Bonchev–Trinajstić information content (AvgIpc) is 3.10. The van der Waals surface area contributed by atoms with Gasteiger partial charge in [-0.2, -0.15) is 0 Å². The van der Waals surface area contributed by atoms with E-state index in [1.807, 2.05) is 19.2 Å². The van der Waals surface area contributed by atoms with Gasteiger partial charge >= 0.3 is 0 Å². The van der Waals surface area contributed by atoms with Crippen LogP contribution >= 0.6 is 11.3 Å². The van der Waals surface area contributed by atoms with Crippen LogP contribution < -0.4 is 10.1 Å². The number of thiophene rings is 1. The van der Waals surface area contributed by atoms with Crippen molar-refractivity contribution in [2.75, 3.05) is 6.61 Å². The second-order valence-electron chi connectivity index (χ2n) is 5.88. The van der Waals surface area contributed by atoms with E-state index in [-0.39, 0.29) is 24.4 Å². The first-order valence-electron chi connectivity index (χ1n) is 8.52. The van der Waals surface area contributed by atoms with Crippen LogP contribution in [0.25, 0.3) is 21.3 Å². The Morgan fingerprint density at radius 2 is 1.96 bits per heavy atom. The SMILES string of the molecule is CCC(CC)NC(=O)COc1ncnc2scc(-c3ccc(F)cc3)c12. The van der Waals surface area contributed by atoms with Gasteiger partial charge in [-0.1, -0.05) is 26.0 Å². The molecular formula is C19H20FN3O2S. The molecule has 0 unspecified atom stereocenters. The predicted octanol–water partition coefficient (Wildman–Crippen LogP) is 4.18. The Labute approximate surface area is 155 Å². The van der Waals surface area contributed by atoms with E-state index in [2.05, 4.69) is 15.3 Å². The number of benzene rings is 1. The number of aromatic nitrogens is 2. The molecule has 26 heavy (non-hydrogen) atoms. The fourth-order valence-corrected chi connectivity index (χ4v) is 3.60. The van der Waals surface area contributed by atoms with Crippen LogP contribution in [-0.2, 0) is 4.79 Å². The van der Waals surface area contributed by atoms with Gasteiger partial charge in [-0.15, -0.1) is 11.3 Å². The number of nitrogens with zero attached hydrogens (tertiary/aromatic N) is 2. The Morgan fingerprint density at radius 1 is 1.23 bits per heavy atom. The van der Waals surface area contributed by atoms with Gasteiger partial charge in [-0.05, 0) is 30.5 Å². The Balaban J connectivity index is 1.84. The molecule has 0 saturated carbocycles. The average molecular weight is 373 g/mol. The Bertz CT molecular complexity index is 891. The third-order valence-electron chi connectivity index (χ3n) is 4.18. The minimum absolute atomic E-state index is 0.110. The number of ether oxygens (including phenoxy) is 1. The number of nitrogens with one attached hydrogen (secondary N) is 1. The number of amides is 1. The van der Waals surface area contributed by atoms with Gasteiger partial charge in [0.1, 0.15) is 17.0 Å². The smallest absolute Gasteiger partial charge is 0.258 e. The van der Waals surface area contributed by atoms with E-state index in [0.29, 0.717) is 5.88 Å². The maximum absolute atomic E-state index is 13.2. The third kappa shape index (κ3) is 3.99. The topological polar surface area (TPSA) is 64.1 Å². The number of hydrogen-bond donors (Lipinski definition) is 1. The molecule has 0 fully saturated rings. The van der Waals surface area contributed by atoms with Crippen LogP contribution in [0.5, 0.6) is 5.88 Å². The van der Waals surface area contributed by atoms with Crippen molar-refractivity contribution < 1.29 is 13.9 Å². The molecule has 0 saturated heterocycles. The molecule has 0 aliphatic carbocycles. The molecule has 2 aromatic heterocycles. The van der Waals surface area contributed by atoms with Crippen LogP contribution in [0.4, 0.5) is 4.39 Å². The summed E-state index contributed by atoms with van der Waals surface area (Å²) in [4.78, 5) is 21.3. The van der Waals surface area contributed by atoms with Crippen molar-refractivity contribution in [3.05, 3.63) is 41.8 Å². The quantitative estimate of drug-likeness (QED) is 0.675. The first-order chi connectivity index (χ1) is 12.6. The van der Waals surface area contributed by atoms with E-state index < -0.39 is 0 Å². The Morgan fingerprint density at radius 3 is 2.65 bits per heavy atom. The molecule has 0 radical (unpaired) electrons. The molecule has 136 valence electrons. The molecule has 0 aliphatic heterocycles. The first-order valence-corrected chi connectivity index (χ1v) is 9.40. The third-order valence-corrected chi connectivity index (χ3v) is 5.07. The van der Waals surface area contributed by atoms with Gasteiger partial charge in [0.15, 0.2) is 6.61 Å². The van der Waals surface area contributed by atoms with Gasteiger partial charge < -0.3 is 10.1 Å². The molecule has 0 bridgehead atoms. The molecule has 3 rings (SSSR count). The highest BCUT2D eigenvalue weighted by atomic mass is 32.1. The summed E-state index contributed by atoms with van der Waals surface area (Å²) in [5.74, 6) is -0.113. The summed E-state index contributed by atoms with van der Waals surface area (Å²) < 4.78 is 18.9. The second-order valence-corrected chi connectivity index (χ2v) is 6.74. The van der Waals surface area contributed by atoms with Gasteiger partial charge in [-0.25, -0.2) is 14.4 Å². The fraction of sp³-hybridized carbons (Fsp3) is 0.316. The lowest BCUT2D eigenvalue weighted by atomic mass is 10.1. The molecule has 2 heterocycles. The number of rotatable bonds is 7. The molecular weight excluding hydrogens is 353 g/mol. The largest absolute Gasteiger partial charge is 0.467 e.